The summed E-state index contributed by atoms with van der Waals surface area (Å²) in [7, 11) is -2.55. The van der Waals surface area contributed by atoms with Crippen LogP contribution in [0.25, 0.3) is 0 Å². The smallest absolute Gasteiger partial charge is 0.339 e. The number of hydrogen-bond donors (Lipinski definition) is 2. The SMILES string of the molecule is COC(=O)c1ccccc1S(=O)(=O)NC1(C)CCNCC1. The molecule has 1 saturated heterocycles. The van der Waals surface area contributed by atoms with Gasteiger partial charge in [-0.05, 0) is 45.0 Å². The number of carbonyl (C=O) groups excluding carboxylic acids is 1. The van der Waals surface area contributed by atoms with Gasteiger partial charge in [-0.2, -0.15) is 0 Å². The zero-order valence-electron chi connectivity index (χ0n) is 12.2. The number of esters is 1. The number of hydrogen-bond acceptors (Lipinski definition) is 5. The summed E-state index contributed by atoms with van der Waals surface area (Å²) in [4.78, 5) is 11.7. The summed E-state index contributed by atoms with van der Waals surface area (Å²) >= 11 is 0. The van der Waals surface area contributed by atoms with E-state index in [9.17, 15) is 13.2 Å². The van der Waals surface area contributed by atoms with Crippen molar-refractivity contribution in [2.75, 3.05) is 20.2 Å². The summed E-state index contributed by atoms with van der Waals surface area (Å²) in [5.74, 6) is -0.661. The molecule has 1 heterocycles. The predicted molar refractivity (Wildman–Crippen MR) is 78.6 cm³/mol. The lowest BCUT2D eigenvalue weighted by atomic mass is 9.92. The molecule has 0 radical (unpaired) electrons. The van der Waals surface area contributed by atoms with E-state index in [0.29, 0.717) is 12.8 Å². The normalized spacial score (nSPS) is 18.2. The Bertz CT molecular complexity index is 622. The van der Waals surface area contributed by atoms with Gasteiger partial charge in [-0.25, -0.2) is 17.9 Å². The molecule has 0 bridgehead atoms. The second-order valence-electron chi connectivity index (χ2n) is 5.40. The van der Waals surface area contributed by atoms with Gasteiger partial charge in [-0.1, -0.05) is 12.1 Å². The van der Waals surface area contributed by atoms with Crippen molar-refractivity contribution < 1.29 is 17.9 Å². The Morgan fingerprint density at radius 1 is 1.29 bits per heavy atom. The number of ether oxygens (including phenoxy) is 1. The zero-order chi connectivity index (χ0) is 15.5. The molecule has 6 nitrogen and oxygen atoms in total. The lowest BCUT2D eigenvalue weighted by molar-refractivity contribution is 0.0596. The summed E-state index contributed by atoms with van der Waals surface area (Å²) in [5, 5.41) is 3.20. The van der Waals surface area contributed by atoms with Gasteiger partial charge in [0.1, 0.15) is 0 Å². The van der Waals surface area contributed by atoms with Gasteiger partial charge in [-0.3, -0.25) is 0 Å². The summed E-state index contributed by atoms with van der Waals surface area (Å²) in [5.41, 5.74) is -0.460. The highest BCUT2D eigenvalue weighted by Crippen LogP contribution is 2.23. The van der Waals surface area contributed by atoms with Crippen LogP contribution in [0.4, 0.5) is 0 Å². The molecule has 0 unspecified atom stereocenters. The van der Waals surface area contributed by atoms with Crippen LogP contribution < -0.4 is 10.0 Å². The van der Waals surface area contributed by atoms with E-state index in [-0.39, 0.29) is 10.5 Å². The van der Waals surface area contributed by atoms with E-state index in [1.165, 1.54) is 19.2 Å². The van der Waals surface area contributed by atoms with Crippen molar-refractivity contribution in [2.24, 2.45) is 0 Å². The number of nitrogens with one attached hydrogen (secondary N) is 2. The van der Waals surface area contributed by atoms with Crippen LogP contribution in [-0.2, 0) is 14.8 Å². The molecule has 1 aromatic rings. The van der Waals surface area contributed by atoms with Gasteiger partial charge in [0.15, 0.2) is 0 Å². The van der Waals surface area contributed by atoms with Gasteiger partial charge in [0, 0.05) is 5.54 Å². The van der Waals surface area contributed by atoms with Crippen LogP contribution in [0, 0.1) is 0 Å². The quantitative estimate of drug-likeness (QED) is 0.807. The summed E-state index contributed by atoms with van der Waals surface area (Å²) in [6, 6.07) is 6.06. The van der Waals surface area contributed by atoms with Crippen LogP contribution in [0.1, 0.15) is 30.1 Å². The topological polar surface area (TPSA) is 84.5 Å². The fourth-order valence-electron chi connectivity index (χ4n) is 2.44. The van der Waals surface area contributed by atoms with Gasteiger partial charge >= 0.3 is 5.97 Å². The molecule has 2 N–H and O–H groups in total. The van der Waals surface area contributed by atoms with E-state index in [1.807, 2.05) is 6.92 Å². The van der Waals surface area contributed by atoms with Crippen molar-refractivity contribution in [1.29, 1.82) is 0 Å². The third-order valence-corrected chi connectivity index (χ3v) is 5.37. The maximum absolute atomic E-state index is 12.6. The number of sulfonamides is 1. The van der Waals surface area contributed by atoms with Crippen molar-refractivity contribution >= 4 is 16.0 Å². The second kappa shape index (κ2) is 6.13. The highest BCUT2D eigenvalue weighted by Gasteiger charge is 2.33. The average molecular weight is 312 g/mol. The van der Waals surface area contributed by atoms with Gasteiger partial charge in [0.2, 0.25) is 10.0 Å². The molecule has 1 aliphatic heterocycles. The molecular weight excluding hydrogens is 292 g/mol. The number of piperidine rings is 1. The average Bonchev–Trinajstić information content (AvgIpc) is 2.46. The molecule has 1 aliphatic rings. The Hall–Kier alpha value is -1.44. The molecule has 0 aliphatic carbocycles. The fourth-order valence-corrected chi connectivity index (χ4v) is 4.10. The van der Waals surface area contributed by atoms with Crippen molar-refractivity contribution in [3.05, 3.63) is 29.8 Å². The van der Waals surface area contributed by atoms with Crippen LogP contribution in [-0.4, -0.2) is 40.1 Å². The number of methoxy groups -OCH3 is 1. The molecule has 0 aromatic heterocycles. The van der Waals surface area contributed by atoms with Crippen LogP contribution in [0.5, 0.6) is 0 Å². The van der Waals surface area contributed by atoms with Crippen molar-refractivity contribution in [3.8, 4) is 0 Å². The van der Waals surface area contributed by atoms with Crippen molar-refractivity contribution in [2.45, 2.75) is 30.2 Å². The molecular formula is C14H20N2O4S. The van der Waals surface area contributed by atoms with E-state index in [2.05, 4.69) is 14.8 Å². The zero-order valence-corrected chi connectivity index (χ0v) is 13.0. The second-order valence-corrected chi connectivity index (χ2v) is 7.05. The number of carbonyl (C=O) groups is 1. The Labute approximate surface area is 124 Å². The Morgan fingerprint density at radius 3 is 2.52 bits per heavy atom. The van der Waals surface area contributed by atoms with Gasteiger partial charge in [0.25, 0.3) is 0 Å². The van der Waals surface area contributed by atoms with E-state index in [1.54, 1.807) is 12.1 Å². The highest BCUT2D eigenvalue weighted by atomic mass is 32.2. The minimum atomic E-state index is -3.78. The molecule has 1 fully saturated rings. The molecule has 116 valence electrons. The third kappa shape index (κ3) is 3.61. The number of rotatable bonds is 4. The monoisotopic (exact) mass is 312 g/mol. The van der Waals surface area contributed by atoms with E-state index >= 15 is 0 Å². The first kappa shape index (κ1) is 15.9. The molecule has 21 heavy (non-hydrogen) atoms. The van der Waals surface area contributed by atoms with Crippen molar-refractivity contribution in [1.82, 2.24) is 10.0 Å². The lowest BCUT2D eigenvalue weighted by Gasteiger charge is -2.34. The lowest BCUT2D eigenvalue weighted by Crippen LogP contribution is -2.52. The minimum absolute atomic E-state index is 0.0448. The molecule has 0 saturated carbocycles. The Balaban J connectivity index is 2.34. The molecule has 0 atom stereocenters. The highest BCUT2D eigenvalue weighted by molar-refractivity contribution is 7.89. The van der Waals surface area contributed by atoms with Gasteiger partial charge in [0.05, 0.1) is 17.6 Å². The minimum Gasteiger partial charge on any atom is -0.465 e. The molecule has 0 spiro atoms. The molecule has 0 amide bonds. The number of benzene rings is 1. The molecule has 1 aromatic carbocycles. The van der Waals surface area contributed by atoms with Crippen LogP contribution in [0.15, 0.2) is 29.2 Å². The Kier molecular flexibility index (Phi) is 4.65. The van der Waals surface area contributed by atoms with Crippen LogP contribution in [0.2, 0.25) is 0 Å². The standard InChI is InChI=1S/C14H20N2O4S/c1-14(7-9-15-10-8-14)16-21(18,19)12-6-4-3-5-11(12)13(17)20-2/h3-6,15-16H,7-10H2,1-2H3. The van der Waals surface area contributed by atoms with E-state index in [0.717, 1.165) is 13.1 Å². The van der Waals surface area contributed by atoms with Gasteiger partial charge in [-0.15, -0.1) is 0 Å². The van der Waals surface area contributed by atoms with Crippen molar-refractivity contribution in [3.63, 3.8) is 0 Å². The summed E-state index contributed by atoms with van der Waals surface area (Å²) < 4.78 is 32.6. The Morgan fingerprint density at radius 2 is 1.90 bits per heavy atom. The first-order valence-corrected chi connectivity index (χ1v) is 8.28. The maximum atomic E-state index is 12.6. The van der Waals surface area contributed by atoms with E-state index in [4.69, 9.17) is 0 Å². The third-order valence-electron chi connectivity index (χ3n) is 3.67. The fraction of sp³-hybridized carbons (Fsp3) is 0.500. The molecule has 7 heteroatoms. The molecule has 2 rings (SSSR count). The van der Waals surface area contributed by atoms with Gasteiger partial charge < -0.3 is 10.1 Å². The summed E-state index contributed by atoms with van der Waals surface area (Å²) in [6.45, 7) is 3.40. The summed E-state index contributed by atoms with van der Waals surface area (Å²) in [6.07, 6.45) is 1.40. The first-order valence-electron chi connectivity index (χ1n) is 6.80. The van der Waals surface area contributed by atoms with Crippen LogP contribution >= 0.6 is 0 Å². The van der Waals surface area contributed by atoms with E-state index < -0.39 is 21.5 Å². The largest absolute Gasteiger partial charge is 0.465 e. The maximum Gasteiger partial charge on any atom is 0.339 e. The van der Waals surface area contributed by atoms with Crippen LogP contribution in [0.3, 0.4) is 0 Å². The first-order chi connectivity index (χ1) is 9.88. The predicted octanol–water partition coefficient (Wildman–Crippen LogP) is 0.894.